The molecular weight excluding hydrogens is 272 g/mol. The van der Waals surface area contributed by atoms with E-state index in [1.807, 2.05) is 19.9 Å². The summed E-state index contributed by atoms with van der Waals surface area (Å²) >= 11 is 0. The summed E-state index contributed by atoms with van der Waals surface area (Å²) < 4.78 is 0. The highest BCUT2D eigenvalue weighted by molar-refractivity contribution is 5.10. The van der Waals surface area contributed by atoms with Crippen LogP contribution in [0.3, 0.4) is 0 Å². The average Bonchev–Trinajstić information content (AvgIpc) is 2.41. The van der Waals surface area contributed by atoms with Crippen molar-refractivity contribution in [3.8, 4) is 0 Å². The minimum absolute atomic E-state index is 0.274. The van der Waals surface area contributed by atoms with E-state index in [1.54, 1.807) is 0 Å². The molecule has 1 unspecified atom stereocenters. The van der Waals surface area contributed by atoms with E-state index in [1.165, 1.54) is 0 Å². The summed E-state index contributed by atoms with van der Waals surface area (Å²) in [6.45, 7) is 10.4. The van der Waals surface area contributed by atoms with Crippen molar-refractivity contribution in [1.82, 2.24) is 0 Å². The summed E-state index contributed by atoms with van der Waals surface area (Å²) in [6, 6.07) is 0. The number of aliphatic hydroxyl groups excluding tert-OH is 1. The van der Waals surface area contributed by atoms with Gasteiger partial charge in [-0.05, 0) is 62.9 Å². The van der Waals surface area contributed by atoms with Crippen LogP contribution in [0.25, 0.3) is 0 Å². The van der Waals surface area contributed by atoms with E-state index in [2.05, 4.69) is 45.1 Å². The largest absolute Gasteiger partial charge is 0.389 e. The zero-order valence-corrected chi connectivity index (χ0v) is 14.9. The lowest BCUT2D eigenvalue weighted by atomic mass is 9.86. The van der Waals surface area contributed by atoms with Crippen LogP contribution in [0, 0.1) is 17.8 Å². The van der Waals surface area contributed by atoms with E-state index >= 15 is 0 Å². The van der Waals surface area contributed by atoms with Gasteiger partial charge in [0.2, 0.25) is 0 Å². The van der Waals surface area contributed by atoms with Crippen molar-refractivity contribution in [1.29, 1.82) is 0 Å². The Labute approximate surface area is 136 Å². The second-order valence-electron chi connectivity index (χ2n) is 7.51. The van der Waals surface area contributed by atoms with Crippen LogP contribution in [-0.2, 0) is 0 Å². The molecule has 2 N–H and O–H groups in total. The van der Waals surface area contributed by atoms with Gasteiger partial charge in [0, 0.05) is 0 Å². The maximum Gasteiger partial charge on any atom is 0.0834 e. The van der Waals surface area contributed by atoms with Crippen molar-refractivity contribution < 1.29 is 10.2 Å². The first-order valence-electron chi connectivity index (χ1n) is 8.64. The van der Waals surface area contributed by atoms with Gasteiger partial charge >= 0.3 is 0 Å². The second kappa shape index (κ2) is 8.69. The Hall–Kier alpha value is -0.860. The van der Waals surface area contributed by atoms with Gasteiger partial charge in [0.25, 0.3) is 0 Å². The monoisotopic (exact) mass is 306 g/mol. The van der Waals surface area contributed by atoms with Crippen LogP contribution in [0.15, 0.2) is 36.0 Å². The summed E-state index contributed by atoms with van der Waals surface area (Å²) in [6.07, 6.45) is 13.5. The Morgan fingerprint density at radius 3 is 2.59 bits per heavy atom. The Morgan fingerprint density at radius 2 is 1.95 bits per heavy atom. The third-order valence-corrected chi connectivity index (χ3v) is 4.66. The predicted molar refractivity (Wildman–Crippen MR) is 94.6 cm³/mol. The van der Waals surface area contributed by atoms with Gasteiger partial charge in [-0.2, -0.15) is 0 Å². The van der Waals surface area contributed by atoms with Gasteiger partial charge in [0.15, 0.2) is 0 Å². The number of aliphatic hydroxyl groups is 2. The molecule has 2 heteroatoms. The molecule has 0 spiro atoms. The zero-order chi connectivity index (χ0) is 16.8. The summed E-state index contributed by atoms with van der Waals surface area (Å²) in [5.41, 5.74) is 0.252. The quantitative estimate of drug-likeness (QED) is 0.693. The lowest BCUT2D eigenvalue weighted by molar-refractivity contribution is 0.113. The molecule has 0 amide bonds. The molecule has 0 aromatic heterocycles. The maximum absolute atomic E-state index is 10.5. The fourth-order valence-corrected chi connectivity index (χ4v) is 2.76. The molecule has 0 heterocycles. The SMILES string of the molecule is C/C1=C\CCC(C)/C=C\C[C@@](C)(O)/C=C/[C@H](C(C)C)C[C@H]1O. The third kappa shape index (κ3) is 6.93. The Balaban J connectivity index is 2.98. The standard InChI is InChI=1S/C20H34O2/c1-15(2)18-11-13-20(5,22)12-7-9-16(3)8-6-10-17(4)19(21)14-18/h7,9-11,13,15-16,18-19,21-22H,6,8,12,14H2,1-5H3/b9-7-,13-11+,17-10+/t16?,18-,19+,20+/m0/s1. The third-order valence-electron chi connectivity index (χ3n) is 4.66. The van der Waals surface area contributed by atoms with Crippen LogP contribution < -0.4 is 0 Å². The Morgan fingerprint density at radius 1 is 1.27 bits per heavy atom. The van der Waals surface area contributed by atoms with Crippen molar-refractivity contribution in [2.24, 2.45) is 17.8 Å². The topological polar surface area (TPSA) is 40.5 Å². The van der Waals surface area contributed by atoms with E-state index in [9.17, 15) is 10.2 Å². The maximum atomic E-state index is 10.5. The van der Waals surface area contributed by atoms with E-state index in [4.69, 9.17) is 0 Å². The van der Waals surface area contributed by atoms with E-state index in [-0.39, 0.29) is 5.92 Å². The highest BCUT2D eigenvalue weighted by Crippen LogP contribution is 2.25. The van der Waals surface area contributed by atoms with Crippen molar-refractivity contribution in [3.63, 3.8) is 0 Å². The van der Waals surface area contributed by atoms with Gasteiger partial charge in [-0.15, -0.1) is 0 Å². The van der Waals surface area contributed by atoms with Crippen LogP contribution >= 0.6 is 0 Å². The molecule has 0 bridgehead atoms. The van der Waals surface area contributed by atoms with Crippen LogP contribution in [0.5, 0.6) is 0 Å². The highest BCUT2D eigenvalue weighted by Gasteiger charge is 2.20. The zero-order valence-electron chi connectivity index (χ0n) is 14.9. The van der Waals surface area contributed by atoms with Gasteiger partial charge in [-0.3, -0.25) is 0 Å². The molecule has 4 atom stereocenters. The van der Waals surface area contributed by atoms with Crippen molar-refractivity contribution >= 4 is 0 Å². The minimum atomic E-state index is -0.816. The van der Waals surface area contributed by atoms with Gasteiger partial charge < -0.3 is 10.2 Å². The molecule has 22 heavy (non-hydrogen) atoms. The Bertz CT molecular complexity index is 415. The van der Waals surface area contributed by atoms with E-state index in [0.29, 0.717) is 18.3 Å². The molecule has 0 aromatic carbocycles. The molecule has 2 nitrogen and oxygen atoms in total. The molecule has 0 saturated heterocycles. The molecule has 0 saturated carbocycles. The summed E-state index contributed by atoms with van der Waals surface area (Å²) in [7, 11) is 0. The fourth-order valence-electron chi connectivity index (χ4n) is 2.76. The molecule has 1 aliphatic rings. The van der Waals surface area contributed by atoms with Crippen molar-refractivity contribution in [2.45, 2.75) is 72.0 Å². The molecular formula is C20H34O2. The molecule has 1 aliphatic carbocycles. The number of hydrogen-bond donors (Lipinski definition) is 2. The summed E-state index contributed by atoms with van der Waals surface area (Å²) in [5.74, 6) is 1.21. The van der Waals surface area contributed by atoms with E-state index in [0.717, 1.165) is 24.8 Å². The molecule has 0 aliphatic heterocycles. The van der Waals surface area contributed by atoms with Gasteiger partial charge in [-0.1, -0.05) is 51.2 Å². The lowest BCUT2D eigenvalue weighted by Crippen LogP contribution is -2.22. The molecule has 0 aromatic rings. The fraction of sp³-hybridized carbons (Fsp3) is 0.700. The summed E-state index contributed by atoms with van der Waals surface area (Å²) in [5, 5.41) is 20.9. The van der Waals surface area contributed by atoms with Crippen LogP contribution in [0.2, 0.25) is 0 Å². The molecule has 0 fully saturated rings. The van der Waals surface area contributed by atoms with Gasteiger partial charge in [-0.25, -0.2) is 0 Å². The minimum Gasteiger partial charge on any atom is -0.389 e. The average molecular weight is 306 g/mol. The van der Waals surface area contributed by atoms with Gasteiger partial charge in [0.1, 0.15) is 0 Å². The molecule has 126 valence electrons. The number of hydrogen-bond acceptors (Lipinski definition) is 2. The first-order chi connectivity index (χ1) is 10.2. The number of allylic oxidation sites excluding steroid dienone is 3. The van der Waals surface area contributed by atoms with Crippen LogP contribution in [0.4, 0.5) is 0 Å². The smallest absolute Gasteiger partial charge is 0.0834 e. The summed E-state index contributed by atoms with van der Waals surface area (Å²) in [4.78, 5) is 0. The first-order valence-corrected chi connectivity index (χ1v) is 8.64. The predicted octanol–water partition coefficient (Wildman–Crippen LogP) is 4.64. The molecule has 1 rings (SSSR count). The van der Waals surface area contributed by atoms with Crippen molar-refractivity contribution in [2.75, 3.05) is 0 Å². The Kier molecular flexibility index (Phi) is 7.58. The second-order valence-corrected chi connectivity index (χ2v) is 7.51. The number of rotatable bonds is 1. The molecule has 0 radical (unpaired) electrons. The van der Waals surface area contributed by atoms with Crippen LogP contribution in [0.1, 0.15) is 60.3 Å². The normalized spacial score (nSPS) is 40.5. The van der Waals surface area contributed by atoms with Gasteiger partial charge in [0.05, 0.1) is 11.7 Å². The lowest BCUT2D eigenvalue weighted by Gasteiger charge is -2.24. The van der Waals surface area contributed by atoms with E-state index < -0.39 is 11.7 Å². The highest BCUT2D eigenvalue weighted by atomic mass is 16.3. The van der Waals surface area contributed by atoms with Crippen molar-refractivity contribution in [3.05, 3.63) is 36.0 Å². The van der Waals surface area contributed by atoms with Crippen LogP contribution in [-0.4, -0.2) is 21.9 Å². The first kappa shape index (κ1) is 19.2.